The second-order valence-corrected chi connectivity index (χ2v) is 8.55. The van der Waals surface area contributed by atoms with Crippen LogP contribution in [0.15, 0.2) is 84.0 Å². The molecule has 0 unspecified atom stereocenters. The van der Waals surface area contributed by atoms with Crippen molar-refractivity contribution in [3.8, 4) is 5.69 Å². The molecular weight excluding hydrogens is 377 g/mol. The summed E-state index contributed by atoms with van der Waals surface area (Å²) in [6.07, 6.45) is 8.79. The highest BCUT2D eigenvalue weighted by Crippen LogP contribution is 2.26. The molecule has 7 heteroatoms. The molecule has 5 nitrogen and oxygen atoms in total. The van der Waals surface area contributed by atoms with E-state index < -0.39 is 9.84 Å². The Morgan fingerprint density at radius 2 is 1.64 bits per heavy atom. The highest BCUT2D eigenvalue weighted by Gasteiger charge is 2.16. The fraction of sp³-hybridized carbons (Fsp3) is 0.0952. The van der Waals surface area contributed by atoms with Gasteiger partial charge in [0.15, 0.2) is 9.84 Å². The lowest BCUT2D eigenvalue weighted by atomic mass is 10.1. The zero-order valence-corrected chi connectivity index (χ0v) is 16.0. The van der Waals surface area contributed by atoms with E-state index in [2.05, 4.69) is 5.10 Å². The third-order valence-electron chi connectivity index (χ3n) is 4.54. The van der Waals surface area contributed by atoms with Gasteiger partial charge in [0.1, 0.15) is 5.82 Å². The van der Waals surface area contributed by atoms with E-state index in [0.29, 0.717) is 6.54 Å². The van der Waals surface area contributed by atoms with Crippen LogP contribution >= 0.6 is 0 Å². The molecule has 142 valence electrons. The summed E-state index contributed by atoms with van der Waals surface area (Å²) < 4.78 is 38.3. The molecule has 1 aromatic heterocycles. The van der Waals surface area contributed by atoms with Gasteiger partial charge in [-0.2, -0.15) is 5.10 Å². The van der Waals surface area contributed by atoms with Gasteiger partial charge in [0.25, 0.3) is 0 Å². The average molecular weight is 395 g/mol. The topological polar surface area (TPSA) is 55.2 Å². The smallest absolute Gasteiger partial charge is 0.175 e. The number of rotatable bonds is 4. The van der Waals surface area contributed by atoms with Crippen LogP contribution in [-0.4, -0.2) is 31.0 Å². The van der Waals surface area contributed by atoms with Gasteiger partial charge in [-0.3, -0.25) is 0 Å². The maximum absolute atomic E-state index is 13.2. The maximum Gasteiger partial charge on any atom is 0.175 e. The molecule has 0 radical (unpaired) electrons. The molecule has 0 saturated heterocycles. The third kappa shape index (κ3) is 3.61. The quantitative estimate of drug-likeness (QED) is 0.674. The number of sulfone groups is 1. The van der Waals surface area contributed by atoms with Crippen molar-refractivity contribution in [3.63, 3.8) is 0 Å². The van der Waals surface area contributed by atoms with E-state index in [0.717, 1.165) is 22.6 Å². The SMILES string of the molecule is CS(=O)(=O)c1ccc(-n2nccc2C2=CC=CN(c3ccc(F)cc3)C2)cc1. The van der Waals surface area contributed by atoms with Crippen LogP contribution in [0.5, 0.6) is 0 Å². The van der Waals surface area contributed by atoms with E-state index in [1.807, 2.05) is 29.3 Å². The fourth-order valence-corrected chi connectivity index (χ4v) is 3.75. The minimum absolute atomic E-state index is 0.267. The number of nitrogens with zero attached hydrogens (tertiary/aromatic N) is 3. The van der Waals surface area contributed by atoms with E-state index >= 15 is 0 Å². The Morgan fingerprint density at radius 3 is 2.32 bits per heavy atom. The van der Waals surface area contributed by atoms with E-state index in [4.69, 9.17) is 0 Å². The molecule has 4 rings (SSSR count). The number of anilines is 1. The molecule has 2 heterocycles. The molecule has 1 aliphatic rings. The number of benzene rings is 2. The minimum Gasteiger partial charge on any atom is -0.343 e. The number of allylic oxidation sites excluding steroid dienone is 2. The second-order valence-electron chi connectivity index (χ2n) is 6.53. The summed E-state index contributed by atoms with van der Waals surface area (Å²) in [5, 5.41) is 4.40. The van der Waals surface area contributed by atoms with E-state index in [1.54, 1.807) is 47.3 Å². The van der Waals surface area contributed by atoms with Crippen molar-refractivity contribution in [3.05, 3.63) is 90.7 Å². The largest absolute Gasteiger partial charge is 0.343 e. The van der Waals surface area contributed by atoms with Gasteiger partial charge in [-0.1, -0.05) is 6.08 Å². The molecule has 0 aliphatic carbocycles. The normalized spacial score (nSPS) is 14.2. The number of hydrogen-bond donors (Lipinski definition) is 0. The summed E-state index contributed by atoms with van der Waals surface area (Å²) in [7, 11) is -3.24. The first-order chi connectivity index (χ1) is 13.4. The van der Waals surface area contributed by atoms with Crippen LogP contribution in [0, 0.1) is 5.82 Å². The Labute approximate surface area is 163 Å². The predicted octanol–water partition coefficient (Wildman–Crippen LogP) is 3.83. The van der Waals surface area contributed by atoms with Crippen LogP contribution in [0.1, 0.15) is 5.69 Å². The zero-order chi connectivity index (χ0) is 19.7. The van der Waals surface area contributed by atoms with Crippen molar-refractivity contribution >= 4 is 21.1 Å². The van der Waals surface area contributed by atoms with Gasteiger partial charge in [0.05, 0.1) is 22.5 Å². The standard InChI is InChI=1S/C21H18FN3O2S/c1-28(26,27)20-10-8-19(9-11-20)25-21(12-13-23-25)16-3-2-14-24(15-16)18-6-4-17(22)5-7-18/h2-14H,15H2,1H3. The molecule has 0 amide bonds. The molecule has 0 spiro atoms. The Bertz CT molecular complexity index is 1160. The lowest BCUT2D eigenvalue weighted by molar-refractivity contribution is 0.602. The molecule has 3 aromatic rings. The van der Waals surface area contributed by atoms with Crippen LogP contribution < -0.4 is 4.90 Å². The molecular formula is C21H18FN3O2S. The van der Waals surface area contributed by atoms with Crippen molar-refractivity contribution in [2.75, 3.05) is 17.7 Å². The van der Waals surface area contributed by atoms with Gasteiger partial charge in [-0.15, -0.1) is 0 Å². The summed E-state index contributed by atoms with van der Waals surface area (Å²) in [5.74, 6) is -0.267. The lowest BCUT2D eigenvalue weighted by Gasteiger charge is -2.25. The molecule has 28 heavy (non-hydrogen) atoms. The van der Waals surface area contributed by atoms with Gasteiger partial charge >= 0.3 is 0 Å². The monoisotopic (exact) mass is 395 g/mol. The van der Waals surface area contributed by atoms with E-state index in [9.17, 15) is 12.8 Å². The van der Waals surface area contributed by atoms with Crippen LogP contribution in [0.2, 0.25) is 0 Å². The van der Waals surface area contributed by atoms with Gasteiger partial charge in [0.2, 0.25) is 0 Å². The van der Waals surface area contributed by atoms with Gasteiger partial charge in [-0.05, 0) is 66.2 Å². The summed E-state index contributed by atoms with van der Waals surface area (Å²) in [6, 6.07) is 14.9. The maximum atomic E-state index is 13.2. The van der Waals surface area contributed by atoms with E-state index in [1.165, 1.54) is 18.4 Å². The van der Waals surface area contributed by atoms with E-state index in [-0.39, 0.29) is 10.7 Å². The highest BCUT2D eigenvalue weighted by molar-refractivity contribution is 7.90. The van der Waals surface area contributed by atoms with Crippen LogP contribution in [0.4, 0.5) is 10.1 Å². The molecule has 2 aromatic carbocycles. The number of halogens is 1. The molecule has 0 atom stereocenters. The van der Waals surface area contributed by atoms with Crippen molar-refractivity contribution in [1.82, 2.24) is 9.78 Å². The Kier molecular flexibility index (Phi) is 4.60. The van der Waals surface area contributed by atoms with Crippen LogP contribution in [0.25, 0.3) is 11.3 Å². The number of aromatic nitrogens is 2. The predicted molar refractivity (Wildman–Crippen MR) is 108 cm³/mol. The third-order valence-corrected chi connectivity index (χ3v) is 5.67. The molecule has 0 bridgehead atoms. The highest BCUT2D eigenvalue weighted by atomic mass is 32.2. The summed E-state index contributed by atoms with van der Waals surface area (Å²) >= 11 is 0. The first-order valence-electron chi connectivity index (χ1n) is 8.66. The minimum atomic E-state index is -3.24. The van der Waals surface area contributed by atoms with Crippen LogP contribution in [0.3, 0.4) is 0 Å². The van der Waals surface area contributed by atoms with Crippen molar-refractivity contribution < 1.29 is 12.8 Å². The average Bonchev–Trinajstić information content (AvgIpc) is 3.18. The fourth-order valence-electron chi connectivity index (χ4n) is 3.12. The van der Waals surface area contributed by atoms with Crippen molar-refractivity contribution in [2.24, 2.45) is 0 Å². The number of hydrogen-bond acceptors (Lipinski definition) is 4. The Hall–Kier alpha value is -3.19. The summed E-state index contributed by atoms with van der Waals surface area (Å²) in [6.45, 7) is 0.606. The molecule has 0 fully saturated rings. The Balaban J connectivity index is 1.63. The summed E-state index contributed by atoms with van der Waals surface area (Å²) in [4.78, 5) is 2.30. The molecule has 0 N–H and O–H groups in total. The first kappa shape index (κ1) is 18.2. The first-order valence-corrected chi connectivity index (χ1v) is 10.6. The molecule has 1 aliphatic heterocycles. The molecule has 0 saturated carbocycles. The summed E-state index contributed by atoms with van der Waals surface area (Å²) in [5.41, 5.74) is 3.61. The van der Waals surface area contributed by atoms with Crippen molar-refractivity contribution in [1.29, 1.82) is 0 Å². The second kappa shape index (κ2) is 7.09. The van der Waals surface area contributed by atoms with Gasteiger partial charge in [0, 0.05) is 24.7 Å². The van der Waals surface area contributed by atoms with Crippen molar-refractivity contribution in [2.45, 2.75) is 4.90 Å². The van der Waals surface area contributed by atoms with Gasteiger partial charge < -0.3 is 4.90 Å². The Morgan fingerprint density at radius 1 is 0.964 bits per heavy atom. The van der Waals surface area contributed by atoms with Crippen LogP contribution in [-0.2, 0) is 9.84 Å². The zero-order valence-electron chi connectivity index (χ0n) is 15.2. The lowest BCUT2D eigenvalue weighted by Crippen LogP contribution is -2.21. The van der Waals surface area contributed by atoms with Gasteiger partial charge in [-0.25, -0.2) is 17.5 Å².